The molecule has 1 rings (SSSR count). The van der Waals surface area contributed by atoms with E-state index < -0.39 is 16.0 Å². The van der Waals surface area contributed by atoms with Crippen LogP contribution in [0.25, 0.3) is 0 Å². The molecule has 5 nitrogen and oxygen atoms in total. The van der Waals surface area contributed by atoms with Crippen molar-refractivity contribution in [3.8, 4) is 0 Å². The maximum atomic E-state index is 11.4. The first-order valence-electron chi connectivity index (χ1n) is 3.85. The number of rotatable bonds is 3. The van der Waals surface area contributed by atoms with Gasteiger partial charge in [-0.3, -0.25) is 0 Å². The van der Waals surface area contributed by atoms with Crippen LogP contribution in [0.15, 0.2) is 23.1 Å². The summed E-state index contributed by atoms with van der Waals surface area (Å²) < 4.78 is 24.9. The Labute approximate surface area is 91.7 Å². The van der Waals surface area contributed by atoms with E-state index in [0.717, 1.165) is 12.1 Å². The molecule has 0 aliphatic carbocycles. The summed E-state index contributed by atoms with van der Waals surface area (Å²) in [5.41, 5.74) is -0.350. The summed E-state index contributed by atoms with van der Waals surface area (Å²) in [5.74, 6) is -1.34. The quantitative estimate of drug-likeness (QED) is 0.835. The van der Waals surface area contributed by atoms with Crippen LogP contribution in [0.4, 0.5) is 0 Å². The van der Waals surface area contributed by atoms with Crippen LogP contribution in [0.3, 0.4) is 0 Å². The lowest BCUT2D eigenvalue weighted by molar-refractivity contribution is 0.0692. The third-order valence-electron chi connectivity index (χ3n) is 1.73. The summed E-state index contributed by atoms with van der Waals surface area (Å²) in [5, 5.41) is 8.97. The lowest BCUT2D eigenvalue weighted by Gasteiger charge is -2.06. The van der Waals surface area contributed by atoms with Crippen LogP contribution in [-0.2, 0) is 10.0 Å². The fraction of sp³-hybridized carbons (Fsp3) is 0.125. The van der Waals surface area contributed by atoms with Gasteiger partial charge in [-0.25, -0.2) is 17.9 Å². The molecular weight excluding hydrogens is 242 g/mol. The molecule has 1 aromatic rings. The molecule has 0 saturated carbocycles. The molecule has 1 aromatic carbocycles. The van der Waals surface area contributed by atoms with Crippen LogP contribution in [0.2, 0.25) is 5.02 Å². The van der Waals surface area contributed by atoms with Crippen molar-refractivity contribution in [1.29, 1.82) is 0 Å². The number of nitrogens with one attached hydrogen (secondary N) is 1. The van der Waals surface area contributed by atoms with Gasteiger partial charge in [-0.15, -0.1) is 0 Å². The largest absolute Gasteiger partial charge is 0.478 e. The van der Waals surface area contributed by atoms with Gasteiger partial charge in [-0.05, 0) is 25.2 Å². The third kappa shape index (κ3) is 2.47. The number of sulfonamides is 1. The third-order valence-corrected chi connectivity index (χ3v) is 3.44. The molecule has 0 amide bonds. The number of carbonyl (C=O) groups is 1. The number of aromatic carboxylic acids is 1. The fourth-order valence-electron chi connectivity index (χ4n) is 1.01. The van der Waals surface area contributed by atoms with Crippen LogP contribution >= 0.6 is 11.6 Å². The maximum absolute atomic E-state index is 11.4. The zero-order valence-electron chi connectivity index (χ0n) is 7.69. The predicted octanol–water partition coefficient (Wildman–Crippen LogP) is 0.946. The standard InChI is InChI=1S/C8H8ClNO4S/c1-10-15(13,14)7-3-2-5(9)4-6(7)8(11)12/h2-4,10H,1H3,(H,11,12). The van der Waals surface area contributed by atoms with Gasteiger partial charge in [0.1, 0.15) is 0 Å². The molecule has 7 heteroatoms. The molecular formula is C8H8ClNO4S. The monoisotopic (exact) mass is 249 g/mol. The van der Waals surface area contributed by atoms with E-state index in [1.54, 1.807) is 0 Å². The normalized spacial score (nSPS) is 11.3. The summed E-state index contributed by atoms with van der Waals surface area (Å²) in [7, 11) is -2.58. The Morgan fingerprint density at radius 1 is 1.47 bits per heavy atom. The first kappa shape index (κ1) is 12.0. The highest BCUT2D eigenvalue weighted by atomic mass is 35.5. The minimum absolute atomic E-state index is 0.169. The van der Waals surface area contributed by atoms with Crippen LogP contribution in [-0.4, -0.2) is 26.5 Å². The van der Waals surface area contributed by atoms with E-state index in [4.69, 9.17) is 16.7 Å². The average Bonchev–Trinajstić information content (AvgIpc) is 2.17. The SMILES string of the molecule is CNS(=O)(=O)c1ccc(Cl)cc1C(=O)O. The number of carboxylic acids is 1. The van der Waals surface area contributed by atoms with Crippen molar-refractivity contribution in [2.45, 2.75) is 4.90 Å². The number of hydrogen-bond acceptors (Lipinski definition) is 3. The Bertz CT molecular complexity index is 497. The van der Waals surface area contributed by atoms with Gasteiger partial charge in [0.15, 0.2) is 0 Å². The average molecular weight is 250 g/mol. The fourth-order valence-corrected chi connectivity index (χ4v) is 2.09. The molecule has 0 saturated heterocycles. The summed E-state index contributed by atoms with van der Waals surface area (Å²) in [6.07, 6.45) is 0. The van der Waals surface area contributed by atoms with Gasteiger partial charge in [0.2, 0.25) is 10.0 Å². The first-order chi connectivity index (χ1) is 6.88. The molecule has 0 spiro atoms. The highest BCUT2D eigenvalue weighted by molar-refractivity contribution is 7.89. The molecule has 0 aliphatic heterocycles. The van der Waals surface area contributed by atoms with Gasteiger partial charge in [-0.2, -0.15) is 0 Å². The summed E-state index contributed by atoms with van der Waals surface area (Å²) in [6, 6.07) is 3.56. The van der Waals surface area contributed by atoms with Crippen molar-refractivity contribution in [3.05, 3.63) is 28.8 Å². The number of carboxylic acid groups (broad SMARTS) is 1. The van der Waals surface area contributed by atoms with Crippen LogP contribution in [0.5, 0.6) is 0 Å². The van der Waals surface area contributed by atoms with Gasteiger partial charge >= 0.3 is 5.97 Å². The zero-order chi connectivity index (χ0) is 11.6. The molecule has 0 unspecified atom stereocenters. The molecule has 0 aliphatic rings. The number of hydrogen-bond donors (Lipinski definition) is 2. The van der Waals surface area contributed by atoms with Gasteiger partial charge in [0.25, 0.3) is 0 Å². The first-order valence-corrected chi connectivity index (χ1v) is 5.71. The summed E-state index contributed by atoms with van der Waals surface area (Å²) in [4.78, 5) is 10.5. The molecule has 0 heterocycles. The molecule has 15 heavy (non-hydrogen) atoms. The smallest absolute Gasteiger partial charge is 0.337 e. The Hall–Kier alpha value is -1.11. The Kier molecular flexibility index (Phi) is 3.33. The maximum Gasteiger partial charge on any atom is 0.337 e. The van der Waals surface area contributed by atoms with E-state index in [2.05, 4.69) is 0 Å². The van der Waals surface area contributed by atoms with E-state index in [9.17, 15) is 13.2 Å². The summed E-state index contributed by atoms with van der Waals surface area (Å²) in [6.45, 7) is 0. The van der Waals surface area contributed by atoms with Crippen molar-refractivity contribution in [2.75, 3.05) is 7.05 Å². The molecule has 0 fully saturated rings. The zero-order valence-corrected chi connectivity index (χ0v) is 9.26. The highest BCUT2D eigenvalue weighted by Gasteiger charge is 2.20. The highest BCUT2D eigenvalue weighted by Crippen LogP contribution is 2.20. The van der Waals surface area contributed by atoms with Gasteiger partial charge in [-0.1, -0.05) is 11.6 Å². The van der Waals surface area contributed by atoms with E-state index >= 15 is 0 Å². The molecule has 0 aromatic heterocycles. The molecule has 82 valence electrons. The lowest BCUT2D eigenvalue weighted by atomic mass is 10.2. The minimum Gasteiger partial charge on any atom is -0.478 e. The van der Waals surface area contributed by atoms with E-state index in [1.807, 2.05) is 4.72 Å². The van der Waals surface area contributed by atoms with Crippen LogP contribution in [0.1, 0.15) is 10.4 Å². The predicted molar refractivity (Wildman–Crippen MR) is 54.7 cm³/mol. The molecule has 2 N–H and O–H groups in total. The Balaban J connectivity index is 3.49. The van der Waals surface area contributed by atoms with E-state index in [0.29, 0.717) is 0 Å². The van der Waals surface area contributed by atoms with Crippen LogP contribution in [0, 0.1) is 0 Å². The van der Waals surface area contributed by atoms with Crippen LogP contribution < -0.4 is 4.72 Å². The van der Waals surface area contributed by atoms with Crippen molar-refractivity contribution in [1.82, 2.24) is 4.72 Å². The van der Waals surface area contributed by atoms with E-state index in [-0.39, 0.29) is 15.5 Å². The second-order valence-electron chi connectivity index (χ2n) is 2.65. The Morgan fingerprint density at radius 3 is 2.53 bits per heavy atom. The second-order valence-corrected chi connectivity index (χ2v) is 4.94. The minimum atomic E-state index is -3.78. The number of benzene rings is 1. The molecule has 0 atom stereocenters. The summed E-state index contributed by atoms with van der Waals surface area (Å²) >= 11 is 5.58. The van der Waals surface area contributed by atoms with Crippen molar-refractivity contribution >= 4 is 27.6 Å². The lowest BCUT2D eigenvalue weighted by Crippen LogP contribution is -2.21. The van der Waals surface area contributed by atoms with Crippen molar-refractivity contribution in [2.24, 2.45) is 0 Å². The van der Waals surface area contributed by atoms with Gasteiger partial charge in [0, 0.05) is 5.02 Å². The van der Waals surface area contributed by atoms with Gasteiger partial charge in [0.05, 0.1) is 10.5 Å². The van der Waals surface area contributed by atoms with Crippen molar-refractivity contribution < 1.29 is 18.3 Å². The van der Waals surface area contributed by atoms with E-state index in [1.165, 1.54) is 13.1 Å². The number of halogens is 1. The molecule has 0 radical (unpaired) electrons. The second kappa shape index (κ2) is 4.18. The topological polar surface area (TPSA) is 83.5 Å². The Morgan fingerprint density at radius 2 is 2.07 bits per heavy atom. The van der Waals surface area contributed by atoms with Gasteiger partial charge < -0.3 is 5.11 Å². The van der Waals surface area contributed by atoms with Crippen molar-refractivity contribution in [3.63, 3.8) is 0 Å². The molecule has 0 bridgehead atoms.